The Hall–Kier alpha value is -1.91. The van der Waals surface area contributed by atoms with Crippen LogP contribution in [0.1, 0.15) is 35.7 Å². The number of aromatic nitrogens is 1. The number of aliphatic carboxylic acids is 1. The summed E-state index contributed by atoms with van der Waals surface area (Å²) in [6.07, 6.45) is 3.43. The first-order valence-corrected chi connectivity index (χ1v) is 8.58. The van der Waals surface area contributed by atoms with Gasteiger partial charge in [0.25, 0.3) is 0 Å². The molecule has 0 saturated carbocycles. The molecule has 1 aliphatic heterocycles. The summed E-state index contributed by atoms with van der Waals surface area (Å²) >= 11 is 6.45. The maximum Gasteiger partial charge on any atom is 0.307 e. The molecule has 2 atom stereocenters. The van der Waals surface area contributed by atoms with E-state index in [2.05, 4.69) is 9.88 Å². The van der Waals surface area contributed by atoms with Crippen LogP contribution in [0.4, 0.5) is 0 Å². The zero-order valence-electron chi connectivity index (χ0n) is 13.7. The third kappa shape index (κ3) is 3.60. The van der Waals surface area contributed by atoms with E-state index < -0.39 is 5.97 Å². The molecule has 1 aromatic carbocycles. The molecular formula is C19H21ClN2O2. The van der Waals surface area contributed by atoms with Gasteiger partial charge in [-0.25, -0.2) is 0 Å². The summed E-state index contributed by atoms with van der Waals surface area (Å²) < 4.78 is 0. The Morgan fingerprint density at radius 1 is 1.33 bits per heavy atom. The quantitative estimate of drug-likeness (QED) is 0.913. The summed E-state index contributed by atoms with van der Waals surface area (Å²) in [7, 11) is 0. The van der Waals surface area contributed by atoms with E-state index in [0.29, 0.717) is 11.6 Å². The minimum absolute atomic E-state index is 0.124. The van der Waals surface area contributed by atoms with Gasteiger partial charge in [0.05, 0.1) is 17.7 Å². The molecule has 0 spiro atoms. The van der Waals surface area contributed by atoms with E-state index in [1.54, 1.807) is 0 Å². The molecule has 1 aromatic heterocycles. The lowest BCUT2D eigenvalue weighted by molar-refractivity contribution is -0.143. The number of benzene rings is 1. The summed E-state index contributed by atoms with van der Waals surface area (Å²) in [5, 5.41) is 10.1. The molecule has 1 saturated heterocycles. The highest BCUT2D eigenvalue weighted by Gasteiger charge is 2.32. The molecule has 0 amide bonds. The molecule has 2 unspecified atom stereocenters. The van der Waals surface area contributed by atoms with E-state index >= 15 is 0 Å². The SMILES string of the molecule is Cc1ccc(C(c2ccccc2Cl)N2CCCC(C(=O)O)C2)nc1. The monoisotopic (exact) mass is 344 g/mol. The maximum atomic E-state index is 11.4. The van der Waals surface area contributed by atoms with E-state index in [1.165, 1.54) is 0 Å². The third-order valence-electron chi connectivity index (χ3n) is 4.58. The van der Waals surface area contributed by atoms with Crippen molar-refractivity contribution in [1.82, 2.24) is 9.88 Å². The van der Waals surface area contributed by atoms with Gasteiger partial charge in [-0.3, -0.25) is 14.7 Å². The summed E-state index contributed by atoms with van der Waals surface area (Å²) in [4.78, 5) is 18.2. The van der Waals surface area contributed by atoms with Crippen LogP contribution in [0.25, 0.3) is 0 Å². The van der Waals surface area contributed by atoms with Gasteiger partial charge in [-0.2, -0.15) is 0 Å². The van der Waals surface area contributed by atoms with Gasteiger partial charge in [-0.05, 0) is 49.6 Å². The fourth-order valence-corrected chi connectivity index (χ4v) is 3.56. The maximum absolute atomic E-state index is 11.4. The number of hydrogen-bond donors (Lipinski definition) is 1. The normalized spacial score (nSPS) is 19.8. The molecule has 3 rings (SSSR count). The van der Waals surface area contributed by atoms with E-state index in [0.717, 1.165) is 36.2 Å². The largest absolute Gasteiger partial charge is 0.481 e. The van der Waals surface area contributed by atoms with Gasteiger partial charge in [0.15, 0.2) is 0 Å². The summed E-state index contributed by atoms with van der Waals surface area (Å²) in [5.74, 6) is -1.07. The van der Waals surface area contributed by atoms with Crippen molar-refractivity contribution in [2.45, 2.75) is 25.8 Å². The highest BCUT2D eigenvalue weighted by atomic mass is 35.5. The third-order valence-corrected chi connectivity index (χ3v) is 4.93. The van der Waals surface area contributed by atoms with Crippen LogP contribution in [0.5, 0.6) is 0 Å². The predicted molar refractivity (Wildman–Crippen MR) is 94.2 cm³/mol. The number of halogens is 1. The number of carbonyl (C=O) groups is 1. The Morgan fingerprint density at radius 2 is 2.12 bits per heavy atom. The fraction of sp³-hybridized carbons (Fsp3) is 0.368. The molecule has 2 aromatic rings. The van der Waals surface area contributed by atoms with Gasteiger partial charge in [-0.15, -0.1) is 0 Å². The molecule has 5 heteroatoms. The first-order chi connectivity index (χ1) is 11.6. The van der Waals surface area contributed by atoms with Crippen LogP contribution >= 0.6 is 11.6 Å². The van der Waals surface area contributed by atoms with Crippen LogP contribution in [-0.4, -0.2) is 34.0 Å². The Balaban J connectivity index is 2.00. The van der Waals surface area contributed by atoms with E-state index in [9.17, 15) is 9.90 Å². The Kier molecular flexibility index (Phi) is 5.17. The van der Waals surface area contributed by atoms with Crippen molar-refractivity contribution in [2.24, 2.45) is 5.92 Å². The first-order valence-electron chi connectivity index (χ1n) is 8.20. The molecule has 24 heavy (non-hydrogen) atoms. The number of hydrogen-bond acceptors (Lipinski definition) is 3. The Labute approximate surface area is 147 Å². The summed E-state index contributed by atoms with van der Waals surface area (Å²) in [6, 6.07) is 11.7. The Bertz CT molecular complexity index is 718. The van der Waals surface area contributed by atoms with E-state index in [1.807, 2.05) is 49.5 Å². The predicted octanol–water partition coefficient (Wildman–Crippen LogP) is 3.93. The fourth-order valence-electron chi connectivity index (χ4n) is 3.32. The highest BCUT2D eigenvalue weighted by molar-refractivity contribution is 6.31. The average molecular weight is 345 g/mol. The van der Waals surface area contributed by atoms with Crippen molar-refractivity contribution in [3.05, 3.63) is 64.4 Å². The molecule has 0 aliphatic carbocycles. The molecule has 0 bridgehead atoms. The smallest absolute Gasteiger partial charge is 0.307 e. The number of likely N-dealkylation sites (tertiary alicyclic amines) is 1. The van der Waals surface area contributed by atoms with Crippen molar-refractivity contribution in [2.75, 3.05) is 13.1 Å². The van der Waals surface area contributed by atoms with Gasteiger partial charge >= 0.3 is 5.97 Å². The number of nitrogens with zero attached hydrogens (tertiary/aromatic N) is 2. The zero-order chi connectivity index (χ0) is 17.1. The number of aryl methyl sites for hydroxylation is 1. The molecule has 2 heterocycles. The van der Waals surface area contributed by atoms with Crippen LogP contribution in [-0.2, 0) is 4.79 Å². The Morgan fingerprint density at radius 3 is 2.79 bits per heavy atom. The van der Waals surface area contributed by atoms with Crippen molar-refractivity contribution >= 4 is 17.6 Å². The molecule has 1 aliphatic rings. The molecule has 1 fully saturated rings. The highest BCUT2D eigenvalue weighted by Crippen LogP contribution is 2.35. The lowest BCUT2D eigenvalue weighted by Gasteiger charge is -2.37. The second-order valence-corrected chi connectivity index (χ2v) is 6.76. The second-order valence-electron chi connectivity index (χ2n) is 6.36. The number of carboxylic acid groups (broad SMARTS) is 1. The lowest BCUT2D eigenvalue weighted by Crippen LogP contribution is -2.41. The van der Waals surface area contributed by atoms with Gasteiger partial charge in [0.2, 0.25) is 0 Å². The minimum Gasteiger partial charge on any atom is -0.481 e. The van der Waals surface area contributed by atoms with Crippen molar-refractivity contribution in [1.29, 1.82) is 0 Å². The number of rotatable bonds is 4. The van der Waals surface area contributed by atoms with Gasteiger partial charge < -0.3 is 5.11 Å². The summed E-state index contributed by atoms with van der Waals surface area (Å²) in [5.41, 5.74) is 2.97. The van der Waals surface area contributed by atoms with Crippen molar-refractivity contribution in [3.8, 4) is 0 Å². The van der Waals surface area contributed by atoms with Crippen LogP contribution in [0.2, 0.25) is 5.02 Å². The van der Waals surface area contributed by atoms with Gasteiger partial charge in [-0.1, -0.05) is 35.9 Å². The standard InChI is InChI=1S/C19H21ClN2O2/c1-13-8-9-17(21-11-13)18(15-6-2-3-7-16(15)20)22-10-4-5-14(12-22)19(23)24/h2-3,6-9,11,14,18H,4-5,10,12H2,1H3,(H,23,24). The minimum atomic E-state index is -0.727. The molecule has 126 valence electrons. The van der Waals surface area contributed by atoms with E-state index in [-0.39, 0.29) is 12.0 Å². The van der Waals surface area contributed by atoms with Crippen molar-refractivity contribution < 1.29 is 9.90 Å². The number of pyridine rings is 1. The number of piperidine rings is 1. The zero-order valence-corrected chi connectivity index (χ0v) is 14.4. The molecule has 4 nitrogen and oxygen atoms in total. The van der Waals surface area contributed by atoms with Crippen LogP contribution in [0, 0.1) is 12.8 Å². The number of carboxylic acids is 1. The van der Waals surface area contributed by atoms with Crippen LogP contribution < -0.4 is 0 Å². The topological polar surface area (TPSA) is 53.4 Å². The van der Waals surface area contributed by atoms with Crippen molar-refractivity contribution in [3.63, 3.8) is 0 Å². The first kappa shape index (κ1) is 16.9. The van der Waals surface area contributed by atoms with Gasteiger partial charge in [0, 0.05) is 17.8 Å². The molecule has 1 N–H and O–H groups in total. The average Bonchev–Trinajstić information content (AvgIpc) is 2.59. The van der Waals surface area contributed by atoms with E-state index in [4.69, 9.17) is 11.6 Å². The lowest BCUT2D eigenvalue weighted by atomic mass is 9.93. The van der Waals surface area contributed by atoms with Crippen LogP contribution in [0.3, 0.4) is 0 Å². The molecular weight excluding hydrogens is 324 g/mol. The van der Waals surface area contributed by atoms with Gasteiger partial charge in [0.1, 0.15) is 0 Å². The second kappa shape index (κ2) is 7.32. The molecule has 0 radical (unpaired) electrons. The summed E-state index contributed by atoms with van der Waals surface area (Å²) in [6.45, 7) is 3.36. The van der Waals surface area contributed by atoms with Crippen LogP contribution in [0.15, 0.2) is 42.6 Å².